The molecule has 0 amide bonds. The first-order chi connectivity index (χ1) is 13.4. The lowest BCUT2D eigenvalue weighted by molar-refractivity contribution is -0.140. The fourth-order valence-electron chi connectivity index (χ4n) is 2.83. The summed E-state index contributed by atoms with van der Waals surface area (Å²) in [6, 6.07) is 6.18. The Hall–Kier alpha value is -2.99. The Labute approximate surface area is 161 Å². The van der Waals surface area contributed by atoms with E-state index >= 15 is 0 Å². The number of aromatic amines is 1. The number of nitrogens with two attached hydrogens (primary N) is 1. The van der Waals surface area contributed by atoms with Crippen LogP contribution in [0.5, 0.6) is 5.75 Å². The average Bonchev–Trinajstić information content (AvgIpc) is 3.06. The van der Waals surface area contributed by atoms with E-state index in [2.05, 4.69) is 9.84 Å². The van der Waals surface area contributed by atoms with Crippen molar-refractivity contribution in [2.45, 2.75) is 11.1 Å². The van der Waals surface area contributed by atoms with E-state index in [4.69, 9.17) is 5.14 Å². The first kappa shape index (κ1) is 20.7. The number of nitrogens with zero attached hydrogens (tertiary/aromatic N) is 1. The number of aromatic nitrogens is 2. The molecular formula is C17H12F5N3O3S. The third-order valence-corrected chi connectivity index (χ3v) is 4.96. The van der Waals surface area contributed by atoms with E-state index in [1.165, 1.54) is 18.2 Å². The SMILES string of the molecule is COc1c(F)cc(-c2c(-c3ccccc3S(N)(=O)=O)n[nH]c2C(F)(F)F)cc1F. The van der Waals surface area contributed by atoms with Crippen LogP contribution in [0.25, 0.3) is 22.4 Å². The smallest absolute Gasteiger partial charge is 0.433 e. The van der Waals surface area contributed by atoms with Crippen molar-refractivity contribution in [1.82, 2.24) is 10.2 Å². The molecule has 0 saturated carbocycles. The molecule has 12 heteroatoms. The molecule has 0 aliphatic carbocycles. The molecule has 1 aromatic heterocycles. The first-order valence-electron chi connectivity index (χ1n) is 7.76. The number of alkyl halides is 3. The van der Waals surface area contributed by atoms with Gasteiger partial charge in [0.2, 0.25) is 10.0 Å². The number of nitrogens with one attached hydrogen (secondary N) is 1. The minimum absolute atomic E-state index is 0.270. The lowest BCUT2D eigenvalue weighted by Crippen LogP contribution is -2.13. The molecule has 0 radical (unpaired) electrons. The first-order valence-corrected chi connectivity index (χ1v) is 9.31. The zero-order chi connectivity index (χ0) is 21.6. The highest BCUT2D eigenvalue weighted by Crippen LogP contribution is 2.43. The van der Waals surface area contributed by atoms with Gasteiger partial charge in [-0.1, -0.05) is 18.2 Å². The zero-order valence-electron chi connectivity index (χ0n) is 14.5. The minimum Gasteiger partial charge on any atom is -0.491 e. The number of sulfonamides is 1. The molecule has 2 aromatic carbocycles. The number of primary sulfonamides is 1. The van der Waals surface area contributed by atoms with Crippen molar-refractivity contribution in [2.75, 3.05) is 7.11 Å². The van der Waals surface area contributed by atoms with Gasteiger partial charge in [0.15, 0.2) is 17.4 Å². The quantitative estimate of drug-likeness (QED) is 0.613. The molecule has 6 nitrogen and oxygen atoms in total. The van der Waals surface area contributed by atoms with Crippen LogP contribution in [0.4, 0.5) is 22.0 Å². The molecule has 29 heavy (non-hydrogen) atoms. The van der Waals surface area contributed by atoms with Gasteiger partial charge < -0.3 is 4.74 Å². The predicted molar refractivity (Wildman–Crippen MR) is 92.3 cm³/mol. The van der Waals surface area contributed by atoms with Crippen LogP contribution in [0.3, 0.4) is 0 Å². The van der Waals surface area contributed by atoms with Crippen molar-refractivity contribution in [3.05, 3.63) is 53.7 Å². The van der Waals surface area contributed by atoms with Crippen molar-refractivity contribution in [1.29, 1.82) is 0 Å². The van der Waals surface area contributed by atoms with Crippen LogP contribution < -0.4 is 9.88 Å². The fraction of sp³-hybridized carbons (Fsp3) is 0.118. The van der Waals surface area contributed by atoms with E-state index in [0.29, 0.717) is 12.1 Å². The van der Waals surface area contributed by atoms with Gasteiger partial charge in [0.25, 0.3) is 0 Å². The summed E-state index contributed by atoms with van der Waals surface area (Å²) in [5.74, 6) is -3.28. The largest absolute Gasteiger partial charge is 0.491 e. The molecule has 3 aromatic rings. The molecule has 0 atom stereocenters. The molecule has 3 rings (SSSR count). The lowest BCUT2D eigenvalue weighted by atomic mass is 9.98. The van der Waals surface area contributed by atoms with Crippen LogP contribution in [0, 0.1) is 11.6 Å². The fourth-order valence-corrected chi connectivity index (χ4v) is 3.57. The maximum atomic E-state index is 14.1. The zero-order valence-corrected chi connectivity index (χ0v) is 15.3. The molecule has 0 bridgehead atoms. The number of hydrogen-bond donors (Lipinski definition) is 2. The lowest BCUT2D eigenvalue weighted by Gasteiger charge is -2.12. The van der Waals surface area contributed by atoms with Crippen LogP contribution in [0.1, 0.15) is 5.69 Å². The van der Waals surface area contributed by atoms with Gasteiger partial charge in [-0.25, -0.2) is 22.3 Å². The number of benzene rings is 2. The number of H-pyrrole nitrogens is 1. The van der Waals surface area contributed by atoms with Gasteiger partial charge in [-0.15, -0.1) is 0 Å². The molecule has 1 heterocycles. The highest BCUT2D eigenvalue weighted by molar-refractivity contribution is 7.89. The predicted octanol–water partition coefficient (Wildman–Crippen LogP) is 3.70. The van der Waals surface area contributed by atoms with Crippen LogP contribution >= 0.6 is 0 Å². The Morgan fingerprint density at radius 2 is 1.69 bits per heavy atom. The molecule has 0 unspecified atom stereocenters. The Morgan fingerprint density at radius 1 is 1.10 bits per heavy atom. The van der Waals surface area contributed by atoms with Crippen LogP contribution in [-0.4, -0.2) is 25.7 Å². The summed E-state index contributed by atoms with van der Waals surface area (Å²) in [6.45, 7) is 0. The van der Waals surface area contributed by atoms with Crippen molar-refractivity contribution < 1.29 is 35.1 Å². The number of ether oxygens (including phenoxy) is 1. The van der Waals surface area contributed by atoms with Gasteiger partial charge in [-0.2, -0.15) is 18.3 Å². The molecule has 3 N–H and O–H groups in total. The van der Waals surface area contributed by atoms with E-state index in [0.717, 1.165) is 13.2 Å². The van der Waals surface area contributed by atoms with Gasteiger partial charge in [-0.05, 0) is 23.8 Å². The van der Waals surface area contributed by atoms with Gasteiger partial charge in [0.1, 0.15) is 11.4 Å². The van der Waals surface area contributed by atoms with E-state index in [1.54, 1.807) is 5.10 Å². The second kappa shape index (κ2) is 7.12. The average molecular weight is 433 g/mol. The summed E-state index contributed by atoms with van der Waals surface area (Å²) in [6.07, 6.45) is -4.98. The third kappa shape index (κ3) is 3.80. The summed E-state index contributed by atoms with van der Waals surface area (Å²) in [4.78, 5) is -0.504. The third-order valence-electron chi connectivity index (χ3n) is 3.99. The summed E-state index contributed by atoms with van der Waals surface area (Å²) in [5.41, 5.74) is -3.45. The maximum Gasteiger partial charge on any atom is 0.433 e. The Morgan fingerprint density at radius 3 is 2.21 bits per heavy atom. The van der Waals surface area contributed by atoms with Crippen LogP contribution in [-0.2, 0) is 16.2 Å². The van der Waals surface area contributed by atoms with E-state index in [9.17, 15) is 30.4 Å². The van der Waals surface area contributed by atoms with Gasteiger partial charge in [0, 0.05) is 11.1 Å². The second-order valence-corrected chi connectivity index (χ2v) is 7.36. The molecular weight excluding hydrogens is 421 g/mol. The number of halogens is 5. The topological polar surface area (TPSA) is 98.1 Å². The standard InChI is InChI=1S/C17H12F5N3O3S/c1-28-15-10(18)6-8(7-11(15)19)13-14(24-25-16(13)17(20,21)22)9-4-2-3-5-12(9)29(23,26)27/h2-7H,1H3,(H,24,25)(H2,23,26,27). The maximum absolute atomic E-state index is 14.1. The number of hydrogen-bond acceptors (Lipinski definition) is 4. The normalized spacial score (nSPS) is 12.2. The molecule has 154 valence electrons. The van der Waals surface area contributed by atoms with Crippen molar-refractivity contribution in [3.8, 4) is 28.1 Å². The molecule has 0 spiro atoms. The van der Waals surface area contributed by atoms with Crippen LogP contribution in [0.15, 0.2) is 41.3 Å². The summed E-state index contributed by atoms with van der Waals surface area (Å²) >= 11 is 0. The van der Waals surface area contributed by atoms with Crippen molar-refractivity contribution in [2.24, 2.45) is 5.14 Å². The molecule has 0 fully saturated rings. The monoisotopic (exact) mass is 433 g/mol. The van der Waals surface area contributed by atoms with Gasteiger partial charge in [0.05, 0.1) is 12.0 Å². The number of methoxy groups -OCH3 is 1. The molecule has 0 saturated heterocycles. The van der Waals surface area contributed by atoms with Crippen molar-refractivity contribution >= 4 is 10.0 Å². The van der Waals surface area contributed by atoms with E-state index < -0.39 is 61.0 Å². The Balaban J connectivity index is 2.39. The summed E-state index contributed by atoms with van der Waals surface area (Å²) in [7, 11) is -3.34. The highest BCUT2D eigenvalue weighted by Gasteiger charge is 2.39. The van der Waals surface area contributed by atoms with E-state index in [1.807, 2.05) is 0 Å². The van der Waals surface area contributed by atoms with Crippen molar-refractivity contribution in [3.63, 3.8) is 0 Å². The molecule has 0 aliphatic heterocycles. The summed E-state index contributed by atoms with van der Waals surface area (Å²) < 4.78 is 97.1. The van der Waals surface area contributed by atoms with Crippen LogP contribution in [0.2, 0.25) is 0 Å². The molecule has 0 aliphatic rings. The summed E-state index contributed by atoms with van der Waals surface area (Å²) in [5, 5.41) is 10.5. The van der Waals surface area contributed by atoms with E-state index in [-0.39, 0.29) is 5.56 Å². The Kier molecular flexibility index (Phi) is 5.09. The highest BCUT2D eigenvalue weighted by atomic mass is 32.2. The van der Waals surface area contributed by atoms with Gasteiger partial charge in [-0.3, -0.25) is 5.10 Å². The number of rotatable bonds is 4. The Bertz CT molecular complexity index is 1170. The van der Waals surface area contributed by atoms with Gasteiger partial charge >= 0.3 is 6.18 Å². The minimum atomic E-state index is -4.98. The second-order valence-electron chi connectivity index (χ2n) is 5.83.